The van der Waals surface area contributed by atoms with Gasteiger partial charge in [-0.15, -0.1) is 0 Å². The Morgan fingerprint density at radius 3 is 2.35 bits per heavy atom. The second-order valence-electron chi connectivity index (χ2n) is 9.79. The standard InChI is InChI=1S/C21H32O.C2H4O2/c1-14(22)17-9-10-18-16-8-7-15-6-4-5-12-20(15,2)19(16)11-13-21(17,18)3;1-2(3)4/h9,15-16,18-19H,4-8,10-13H2,1-3H3;1H3,(H,3,4)/t15?,16-,18-,19-,20-,21+;/m0./s1. The lowest BCUT2D eigenvalue weighted by molar-refractivity contribution is -0.134. The van der Waals surface area contributed by atoms with Crippen molar-refractivity contribution in [3.8, 4) is 0 Å². The molecule has 6 atom stereocenters. The average Bonchev–Trinajstić information content (AvgIpc) is 2.91. The number of hydrogen-bond donors (Lipinski definition) is 1. The molecule has 3 heteroatoms. The van der Waals surface area contributed by atoms with Gasteiger partial charge in [0.05, 0.1) is 0 Å². The number of fused-ring (bicyclic) bond motifs is 5. The van der Waals surface area contributed by atoms with Gasteiger partial charge in [-0.1, -0.05) is 32.8 Å². The summed E-state index contributed by atoms with van der Waals surface area (Å²) in [5.41, 5.74) is 1.98. The Balaban J connectivity index is 0.000000447. The predicted octanol–water partition coefficient (Wildman–Crippen LogP) is 5.64. The molecule has 0 bridgehead atoms. The van der Waals surface area contributed by atoms with E-state index in [-0.39, 0.29) is 5.41 Å². The monoisotopic (exact) mass is 360 g/mol. The molecule has 4 aliphatic carbocycles. The number of Topliss-reactive ketones (excluding diaryl/α,β-unsaturated/α-hetero) is 1. The van der Waals surface area contributed by atoms with Crippen LogP contribution in [-0.4, -0.2) is 16.9 Å². The van der Waals surface area contributed by atoms with Crippen LogP contribution < -0.4 is 0 Å². The molecule has 3 nitrogen and oxygen atoms in total. The highest BCUT2D eigenvalue weighted by atomic mass is 16.4. The van der Waals surface area contributed by atoms with E-state index in [9.17, 15) is 4.79 Å². The quantitative estimate of drug-likeness (QED) is 0.659. The molecular formula is C23H36O3. The summed E-state index contributed by atoms with van der Waals surface area (Å²) < 4.78 is 0. The third kappa shape index (κ3) is 3.16. The van der Waals surface area contributed by atoms with Crippen LogP contribution in [0.1, 0.15) is 85.5 Å². The summed E-state index contributed by atoms with van der Waals surface area (Å²) in [5, 5.41) is 7.42. The smallest absolute Gasteiger partial charge is 0.300 e. The first-order chi connectivity index (χ1) is 12.2. The zero-order valence-electron chi connectivity index (χ0n) is 17.0. The fourth-order valence-electron chi connectivity index (χ4n) is 7.41. The lowest BCUT2D eigenvalue weighted by Crippen LogP contribution is -2.52. The SMILES string of the molecule is CC(=O)C1=CC[C@H]2[C@@H]3CCC4CCCC[C@]4(C)[C@H]3CC[C@]12C.CC(=O)O. The number of rotatable bonds is 1. The van der Waals surface area contributed by atoms with Crippen LogP contribution in [0.3, 0.4) is 0 Å². The highest BCUT2D eigenvalue weighted by Crippen LogP contribution is 2.66. The minimum absolute atomic E-state index is 0.199. The Labute approximate surface area is 158 Å². The highest BCUT2D eigenvalue weighted by Gasteiger charge is 2.58. The van der Waals surface area contributed by atoms with Gasteiger partial charge in [0.25, 0.3) is 5.97 Å². The minimum atomic E-state index is -0.833. The first-order valence-corrected chi connectivity index (χ1v) is 10.6. The average molecular weight is 361 g/mol. The molecule has 26 heavy (non-hydrogen) atoms. The maximum Gasteiger partial charge on any atom is 0.300 e. The first-order valence-electron chi connectivity index (χ1n) is 10.6. The van der Waals surface area contributed by atoms with Gasteiger partial charge in [0.15, 0.2) is 5.78 Å². The number of allylic oxidation sites excluding steroid dienone is 2. The van der Waals surface area contributed by atoms with Crippen molar-refractivity contribution in [1.29, 1.82) is 0 Å². The summed E-state index contributed by atoms with van der Waals surface area (Å²) in [4.78, 5) is 21.1. The van der Waals surface area contributed by atoms with E-state index in [4.69, 9.17) is 9.90 Å². The third-order valence-electron chi connectivity index (χ3n) is 8.54. The van der Waals surface area contributed by atoms with Gasteiger partial charge in [-0.25, -0.2) is 0 Å². The fourth-order valence-corrected chi connectivity index (χ4v) is 7.41. The van der Waals surface area contributed by atoms with E-state index in [1.807, 2.05) is 0 Å². The Kier molecular flexibility index (Phi) is 5.38. The van der Waals surface area contributed by atoms with E-state index in [1.54, 1.807) is 6.92 Å². The Hall–Kier alpha value is -1.12. The normalized spacial score (nSPS) is 43.8. The molecular weight excluding hydrogens is 324 g/mol. The van der Waals surface area contributed by atoms with E-state index in [1.165, 1.54) is 63.4 Å². The molecule has 0 amide bonds. The minimum Gasteiger partial charge on any atom is -0.481 e. The van der Waals surface area contributed by atoms with Crippen LogP contribution in [0.15, 0.2) is 11.6 Å². The van der Waals surface area contributed by atoms with Crippen molar-refractivity contribution in [3.63, 3.8) is 0 Å². The largest absolute Gasteiger partial charge is 0.481 e. The summed E-state index contributed by atoms with van der Waals surface area (Å²) in [6.45, 7) is 7.90. The number of carboxylic acids is 1. The van der Waals surface area contributed by atoms with Gasteiger partial charge >= 0.3 is 0 Å². The third-order valence-corrected chi connectivity index (χ3v) is 8.54. The molecule has 0 radical (unpaired) electrons. The number of carboxylic acid groups (broad SMARTS) is 1. The van der Waals surface area contributed by atoms with Crippen LogP contribution in [0.2, 0.25) is 0 Å². The molecule has 0 aliphatic heterocycles. The van der Waals surface area contributed by atoms with Gasteiger partial charge in [-0.2, -0.15) is 0 Å². The number of carbonyl (C=O) groups excluding carboxylic acids is 1. The molecule has 0 spiro atoms. The van der Waals surface area contributed by atoms with E-state index in [2.05, 4.69) is 19.9 Å². The van der Waals surface area contributed by atoms with Crippen molar-refractivity contribution in [2.75, 3.05) is 0 Å². The second kappa shape index (κ2) is 7.13. The summed E-state index contributed by atoms with van der Waals surface area (Å²) in [5.74, 6) is 3.06. The molecule has 0 aromatic carbocycles. The predicted molar refractivity (Wildman–Crippen MR) is 104 cm³/mol. The molecule has 4 aliphatic rings. The highest BCUT2D eigenvalue weighted by molar-refractivity contribution is 5.95. The maximum atomic E-state index is 12.1. The van der Waals surface area contributed by atoms with Crippen molar-refractivity contribution in [1.82, 2.24) is 0 Å². The Morgan fingerprint density at radius 1 is 1.00 bits per heavy atom. The molecule has 1 unspecified atom stereocenters. The lowest BCUT2D eigenvalue weighted by Gasteiger charge is -2.60. The van der Waals surface area contributed by atoms with E-state index in [0.29, 0.717) is 11.2 Å². The van der Waals surface area contributed by atoms with Gasteiger partial charge in [0, 0.05) is 6.92 Å². The zero-order valence-corrected chi connectivity index (χ0v) is 17.0. The van der Waals surface area contributed by atoms with Crippen LogP contribution in [0, 0.1) is 34.5 Å². The molecule has 0 saturated heterocycles. The summed E-state index contributed by atoms with van der Waals surface area (Å²) >= 11 is 0. The first kappa shape index (κ1) is 19.6. The summed E-state index contributed by atoms with van der Waals surface area (Å²) in [7, 11) is 0. The number of hydrogen-bond acceptors (Lipinski definition) is 2. The number of ketones is 1. The van der Waals surface area contributed by atoms with Gasteiger partial charge in [0.2, 0.25) is 0 Å². The summed E-state index contributed by atoms with van der Waals surface area (Å²) in [6, 6.07) is 0. The molecule has 0 heterocycles. The van der Waals surface area contributed by atoms with Crippen molar-refractivity contribution in [3.05, 3.63) is 11.6 Å². The van der Waals surface area contributed by atoms with Crippen LogP contribution in [0.4, 0.5) is 0 Å². The van der Waals surface area contributed by atoms with Crippen LogP contribution >= 0.6 is 0 Å². The van der Waals surface area contributed by atoms with Gasteiger partial charge in [-0.3, -0.25) is 9.59 Å². The van der Waals surface area contributed by atoms with Crippen molar-refractivity contribution in [2.45, 2.75) is 85.5 Å². The van der Waals surface area contributed by atoms with Crippen molar-refractivity contribution >= 4 is 11.8 Å². The molecule has 1 N–H and O–H groups in total. The molecule has 0 aromatic rings. The topological polar surface area (TPSA) is 54.4 Å². The van der Waals surface area contributed by atoms with E-state index < -0.39 is 5.97 Å². The maximum absolute atomic E-state index is 12.1. The molecule has 0 aromatic heterocycles. The van der Waals surface area contributed by atoms with Gasteiger partial charge in [-0.05, 0) is 91.9 Å². The molecule has 4 rings (SSSR count). The number of aliphatic carboxylic acids is 1. The molecule has 3 saturated carbocycles. The van der Waals surface area contributed by atoms with Crippen molar-refractivity contribution in [2.24, 2.45) is 34.5 Å². The van der Waals surface area contributed by atoms with Crippen LogP contribution in [0.25, 0.3) is 0 Å². The second-order valence-corrected chi connectivity index (χ2v) is 9.79. The number of carbonyl (C=O) groups is 2. The van der Waals surface area contributed by atoms with E-state index in [0.717, 1.165) is 30.6 Å². The van der Waals surface area contributed by atoms with Gasteiger partial charge in [0.1, 0.15) is 0 Å². The summed E-state index contributed by atoms with van der Waals surface area (Å²) in [6.07, 6.45) is 14.9. The Morgan fingerprint density at radius 2 is 1.69 bits per heavy atom. The lowest BCUT2D eigenvalue weighted by atomic mass is 9.45. The van der Waals surface area contributed by atoms with Crippen LogP contribution in [0.5, 0.6) is 0 Å². The van der Waals surface area contributed by atoms with Crippen LogP contribution in [-0.2, 0) is 9.59 Å². The van der Waals surface area contributed by atoms with E-state index >= 15 is 0 Å². The van der Waals surface area contributed by atoms with Crippen molar-refractivity contribution < 1.29 is 14.7 Å². The van der Waals surface area contributed by atoms with Gasteiger partial charge < -0.3 is 5.11 Å². The zero-order chi connectivity index (χ0) is 19.1. The fraction of sp³-hybridized carbons (Fsp3) is 0.826. The molecule has 3 fully saturated rings. The Bertz CT molecular complexity index is 603. The molecule has 146 valence electrons.